The van der Waals surface area contributed by atoms with Crippen LogP contribution in [0.4, 0.5) is 0 Å². The van der Waals surface area contributed by atoms with E-state index in [1.54, 1.807) is 7.11 Å². The molecule has 0 radical (unpaired) electrons. The fraction of sp³-hybridized carbons (Fsp3) is 0.381. The molecule has 1 saturated heterocycles. The summed E-state index contributed by atoms with van der Waals surface area (Å²) >= 11 is 6.08. The number of halogens is 1. The third kappa shape index (κ3) is 4.88. The number of carbonyl (C=O) groups is 1. The summed E-state index contributed by atoms with van der Waals surface area (Å²) in [5.41, 5.74) is 0.893. The van der Waals surface area contributed by atoms with Crippen molar-refractivity contribution in [2.24, 2.45) is 5.92 Å². The van der Waals surface area contributed by atoms with Gasteiger partial charge in [0.05, 0.1) is 24.1 Å². The molecule has 0 atom stereocenters. The van der Waals surface area contributed by atoms with Crippen molar-refractivity contribution < 1.29 is 22.7 Å². The van der Waals surface area contributed by atoms with E-state index in [-0.39, 0.29) is 34.8 Å². The molecule has 0 saturated carbocycles. The Morgan fingerprint density at radius 3 is 2.40 bits per heavy atom. The highest BCUT2D eigenvalue weighted by Crippen LogP contribution is 2.30. The van der Waals surface area contributed by atoms with E-state index in [9.17, 15) is 13.2 Å². The quantitative estimate of drug-likeness (QED) is 0.697. The van der Waals surface area contributed by atoms with E-state index >= 15 is 0 Å². The minimum absolute atomic E-state index is 0.0783. The van der Waals surface area contributed by atoms with Gasteiger partial charge in [-0.15, -0.1) is 0 Å². The Hall–Kier alpha value is -2.29. The maximum Gasteiger partial charge on any atom is 0.243 e. The molecule has 1 amide bonds. The van der Waals surface area contributed by atoms with E-state index in [1.807, 2.05) is 24.3 Å². The summed E-state index contributed by atoms with van der Waals surface area (Å²) in [6, 6.07) is 11.9. The molecule has 7 nitrogen and oxygen atoms in total. The number of nitrogens with one attached hydrogen (secondary N) is 1. The zero-order valence-electron chi connectivity index (χ0n) is 16.9. The number of para-hydroxylation sites is 1. The van der Waals surface area contributed by atoms with Crippen molar-refractivity contribution in [1.29, 1.82) is 0 Å². The number of piperidine rings is 1. The standard InChI is InChI=1S/C21H25ClN2O5S/c1-28-19-6-4-3-5-16(19)14-23-21(25)15-9-11-24(12-10-15)30(26,27)17-7-8-20(29-2)18(22)13-17/h3-8,13,15H,9-12,14H2,1-2H3,(H,23,25). The number of carbonyl (C=O) groups excluding carboxylic acids is 1. The van der Waals surface area contributed by atoms with Crippen LogP contribution in [0.2, 0.25) is 5.02 Å². The Balaban J connectivity index is 1.58. The first-order chi connectivity index (χ1) is 14.4. The predicted molar refractivity (Wildman–Crippen MR) is 114 cm³/mol. The second-order valence-electron chi connectivity index (χ2n) is 7.00. The number of benzene rings is 2. The first-order valence-corrected chi connectivity index (χ1v) is 11.4. The lowest BCUT2D eigenvalue weighted by atomic mass is 9.97. The maximum absolute atomic E-state index is 12.9. The van der Waals surface area contributed by atoms with Gasteiger partial charge in [-0.1, -0.05) is 29.8 Å². The smallest absolute Gasteiger partial charge is 0.243 e. The Morgan fingerprint density at radius 2 is 1.77 bits per heavy atom. The number of nitrogens with zero attached hydrogens (tertiary/aromatic N) is 1. The SMILES string of the molecule is COc1ccc(S(=O)(=O)N2CCC(C(=O)NCc3ccccc3OC)CC2)cc1Cl. The molecule has 1 aliphatic rings. The lowest BCUT2D eigenvalue weighted by Crippen LogP contribution is -2.42. The van der Waals surface area contributed by atoms with Crippen molar-refractivity contribution >= 4 is 27.5 Å². The van der Waals surface area contributed by atoms with E-state index in [1.165, 1.54) is 29.6 Å². The van der Waals surface area contributed by atoms with Gasteiger partial charge in [0.2, 0.25) is 15.9 Å². The molecule has 3 rings (SSSR count). The highest BCUT2D eigenvalue weighted by molar-refractivity contribution is 7.89. The molecule has 0 bridgehead atoms. The molecule has 1 fully saturated rings. The summed E-state index contributed by atoms with van der Waals surface area (Å²) in [4.78, 5) is 12.7. The van der Waals surface area contributed by atoms with E-state index in [4.69, 9.17) is 21.1 Å². The highest BCUT2D eigenvalue weighted by atomic mass is 35.5. The number of rotatable bonds is 7. The molecule has 2 aromatic rings. The number of hydrogen-bond donors (Lipinski definition) is 1. The van der Waals surface area contributed by atoms with Gasteiger partial charge in [0, 0.05) is 31.1 Å². The van der Waals surface area contributed by atoms with Gasteiger partial charge in [-0.25, -0.2) is 8.42 Å². The number of hydrogen-bond acceptors (Lipinski definition) is 5. The van der Waals surface area contributed by atoms with E-state index in [2.05, 4.69) is 5.32 Å². The average molecular weight is 453 g/mol. The van der Waals surface area contributed by atoms with Crippen LogP contribution >= 0.6 is 11.6 Å². The molecular weight excluding hydrogens is 428 g/mol. The van der Waals surface area contributed by atoms with Gasteiger partial charge in [0.25, 0.3) is 0 Å². The third-order valence-corrected chi connectivity index (χ3v) is 7.42. The molecule has 0 aliphatic carbocycles. The van der Waals surface area contributed by atoms with Gasteiger partial charge >= 0.3 is 0 Å². The number of methoxy groups -OCH3 is 2. The lowest BCUT2D eigenvalue weighted by Gasteiger charge is -2.30. The maximum atomic E-state index is 12.9. The summed E-state index contributed by atoms with van der Waals surface area (Å²) in [5, 5.41) is 3.17. The van der Waals surface area contributed by atoms with Crippen LogP contribution in [-0.4, -0.2) is 45.9 Å². The second-order valence-corrected chi connectivity index (χ2v) is 9.35. The van der Waals surface area contributed by atoms with E-state index in [0.29, 0.717) is 25.1 Å². The van der Waals surface area contributed by atoms with Gasteiger partial charge < -0.3 is 14.8 Å². The van der Waals surface area contributed by atoms with E-state index < -0.39 is 10.0 Å². The minimum Gasteiger partial charge on any atom is -0.496 e. The molecule has 0 spiro atoms. The molecule has 9 heteroatoms. The van der Waals surface area contributed by atoms with Gasteiger partial charge in [-0.05, 0) is 37.1 Å². The molecule has 0 aromatic heterocycles. The van der Waals surface area contributed by atoms with Crippen molar-refractivity contribution in [1.82, 2.24) is 9.62 Å². The predicted octanol–water partition coefficient (Wildman–Crippen LogP) is 3.07. The summed E-state index contributed by atoms with van der Waals surface area (Å²) in [7, 11) is -0.616. The monoisotopic (exact) mass is 452 g/mol. The highest BCUT2D eigenvalue weighted by Gasteiger charge is 2.32. The molecule has 1 N–H and O–H groups in total. The van der Waals surface area contributed by atoms with Gasteiger partial charge in [0.15, 0.2) is 0 Å². The zero-order chi connectivity index (χ0) is 21.7. The van der Waals surface area contributed by atoms with Crippen LogP contribution in [0.3, 0.4) is 0 Å². The number of sulfonamides is 1. The van der Waals surface area contributed by atoms with Gasteiger partial charge in [-0.2, -0.15) is 4.31 Å². The van der Waals surface area contributed by atoms with Crippen LogP contribution in [0.15, 0.2) is 47.4 Å². The number of ether oxygens (including phenoxy) is 2. The Labute approximate surface area is 182 Å². The van der Waals surface area contributed by atoms with Crippen molar-refractivity contribution in [3.63, 3.8) is 0 Å². The fourth-order valence-corrected chi connectivity index (χ4v) is 5.31. The normalized spacial score (nSPS) is 15.6. The second kappa shape index (κ2) is 9.68. The van der Waals surface area contributed by atoms with Crippen LogP contribution < -0.4 is 14.8 Å². The minimum atomic E-state index is -3.68. The molecule has 30 heavy (non-hydrogen) atoms. The Morgan fingerprint density at radius 1 is 1.10 bits per heavy atom. The molecule has 2 aromatic carbocycles. The van der Waals surface area contributed by atoms with Crippen molar-refractivity contribution in [3.8, 4) is 11.5 Å². The van der Waals surface area contributed by atoms with Crippen LogP contribution in [0, 0.1) is 5.92 Å². The molecule has 162 valence electrons. The first kappa shape index (κ1) is 22.4. The Kier molecular flexibility index (Phi) is 7.23. The van der Waals surface area contributed by atoms with Crippen LogP contribution in [0.25, 0.3) is 0 Å². The van der Waals surface area contributed by atoms with Crippen molar-refractivity contribution in [2.75, 3.05) is 27.3 Å². The summed E-state index contributed by atoms with van der Waals surface area (Å²) in [6.45, 7) is 0.920. The van der Waals surface area contributed by atoms with Crippen molar-refractivity contribution in [2.45, 2.75) is 24.3 Å². The van der Waals surface area contributed by atoms with Crippen LogP contribution in [-0.2, 0) is 21.4 Å². The van der Waals surface area contributed by atoms with Crippen LogP contribution in [0.1, 0.15) is 18.4 Å². The van der Waals surface area contributed by atoms with Gasteiger partial charge in [0.1, 0.15) is 11.5 Å². The van der Waals surface area contributed by atoms with Gasteiger partial charge in [-0.3, -0.25) is 4.79 Å². The first-order valence-electron chi connectivity index (χ1n) is 9.60. The fourth-order valence-electron chi connectivity index (χ4n) is 3.49. The summed E-state index contributed by atoms with van der Waals surface area (Å²) < 4.78 is 37.6. The Bertz CT molecular complexity index is 1000. The summed E-state index contributed by atoms with van der Waals surface area (Å²) in [5.74, 6) is 0.828. The molecular formula is C21H25ClN2O5S. The molecule has 0 unspecified atom stereocenters. The number of amides is 1. The lowest BCUT2D eigenvalue weighted by molar-refractivity contribution is -0.126. The third-order valence-electron chi connectivity index (χ3n) is 5.23. The summed E-state index contributed by atoms with van der Waals surface area (Å²) in [6.07, 6.45) is 0.918. The molecule has 1 heterocycles. The largest absolute Gasteiger partial charge is 0.496 e. The van der Waals surface area contributed by atoms with Crippen LogP contribution in [0.5, 0.6) is 11.5 Å². The van der Waals surface area contributed by atoms with Crippen molar-refractivity contribution in [3.05, 3.63) is 53.1 Å². The zero-order valence-corrected chi connectivity index (χ0v) is 18.5. The van der Waals surface area contributed by atoms with E-state index in [0.717, 1.165) is 11.3 Å². The topological polar surface area (TPSA) is 84.9 Å². The molecule has 1 aliphatic heterocycles. The average Bonchev–Trinajstić information content (AvgIpc) is 2.77.